The van der Waals surface area contributed by atoms with E-state index in [9.17, 15) is 9.18 Å². The van der Waals surface area contributed by atoms with E-state index in [0.29, 0.717) is 12.4 Å². The minimum Gasteiger partial charge on any atom is -0.372 e. The molecule has 4 nitrogen and oxygen atoms in total. The zero-order valence-electron chi connectivity index (χ0n) is 11.0. The van der Waals surface area contributed by atoms with Gasteiger partial charge in [-0.2, -0.15) is 0 Å². The lowest BCUT2D eigenvalue weighted by Crippen LogP contribution is -2.27. The second kappa shape index (κ2) is 6.32. The number of nitrogens with one attached hydrogen (secondary N) is 1. The Morgan fingerprint density at radius 3 is 2.90 bits per heavy atom. The lowest BCUT2D eigenvalue weighted by Gasteiger charge is -2.18. The van der Waals surface area contributed by atoms with Gasteiger partial charge in [-0.25, -0.2) is 9.37 Å². The van der Waals surface area contributed by atoms with Crippen LogP contribution in [0.1, 0.15) is 15.9 Å². The first-order valence-corrected chi connectivity index (χ1v) is 7.50. The molecule has 2 aromatic rings. The highest BCUT2D eigenvalue weighted by molar-refractivity contribution is 9.11. The van der Waals surface area contributed by atoms with Crippen LogP contribution >= 0.6 is 27.3 Å². The van der Waals surface area contributed by atoms with Gasteiger partial charge in [-0.05, 0) is 39.0 Å². The molecule has 1 N–H and O–H groups in total. The molecule has 0 aliphatic carbocycles. The fraction of sp³-hybridized carbons (Fsp3) is 0.231. The smallest absolute Gasteiger partial charge is 0.257 e. The molecular weight excluding hydrogens is 345 g/mol. The Morgan fingerprint density at radius 1 is 1.55 bits per heavy atom. The second-order valence-electron chi connectivity index (χ2n) is 4.22. The van der Waals surface area contributed by atoms with Crippen LogP contribution in [0.15, 0.2) is 27.5 Å². The lowest BCUT2D eigenvalue weighted by molar-refractivity contribution is 0.0785. The summed E-state index contributed by atoms with van der Waals surface area (Å²) >= 11 is 4.94. The molecule has 0 atom stereocenters. The van der Waals surface area contributed by atoms with Crippen molar-refractivity contribution in [1.29, 1.82) is 0 Å². The highest BCUT2D eigenvalue weighted by Crippen LogP contribution is 2.22. The van der Waals surface area contributed by atoms with Crippen molar-refractivity contribution >= 4 is 39.0 Å². The Morgan fingerprint density at radius 2 is 2.30 bits per heavy atom. The van der Waals surface area contributed by atoms with Crippen LogP contribution in [-0.4, -0.2) is 29.9 Å². The molecule has 0 bridgehead atoms. The predicted molar refractivity (Wildman–Crippen MR) is 81.6 cm³/mol. The van der Waals surface area contributed by atoms with Crippen molar-refractivity contribution in [1.82, 2.24) is 9.88 Å². The van der Waals surface area contributed by atoms with Crippen molar-refractivity contribution in [3.8, 4) is 0 Å². The van der Waals surface area contributed by atoms with Crippen molar-refractivity contribution in [2.24, 2.45) is 0 Å². The average molecular weight is 358 g/mol. The topological polar surface area (TPSA) is 45.2 Å². The van der Waals surface area contributed by atoms with Gasteiger partial charge in [0.05, 0.1) is 15.5 Å². The SMILES string of the molecule is CNc1ncc(F)cc1C(=O)N(C)Cc1csc(Br)c1. The first-order valence-electron chi connectivity index (χ1n) is 5.83. The van der Waals surface area contributed by atoms with Gasteiger partial charge in [-0.15, -0.1) is 11.3 Å². The Bertz CT molecular complexity index is 632. The number of carbonyl (C=O) groups excluding carboxylic acids is 1. The van der Waals surface area contributed by atoms with Gasteiger partial charge >= 0.3 is 0 Å². The average Bonchev–Trinajstić information content (AvgIpc) is 2.83. The van der Waals surface area contributed by atoms with Gasteiger partial charge < -0.3 is 10.2 Å². The number of nitrogens with zero attached hydrogens (tertiary/aromatic N) is 2. The maximum atomic E-state index is 13.3. The van der Waals surface area contributed by atoms with Crippen LogP contribution in [0, 0.1) is 5.82 Å². The zero-order valence-corrected chi connectivity index (χ0v) is 13.4. The molecule has 0 saturated carbocycles. The second-order valence-corrected chi connectivity index (χ2v) is 6.51. The normalized spacial score (nSPS) is 10.4. The molecule has 0 saturated heterocycles. The van der Waals surface area contributed by atoms with E-state index in [1.165, 1.54) is 11.0 Å². The molecule has 0 aliphatic rings. The molecule has 2 rings (SSSR count). The minimum absolute atomic E-state index is 0.226. The molecule has 0 aliphatic heterocycles. The Balaban J connectivity index is 2.20. The summed E-state index contributed by atoms with van der Waals surface area (Å²) in [7, 11) is 3.32. The molecule has 0 fully saturated rings. The summed E-state index contributed by atoms with van der Waals surface area (Å²) in [6.45, 7) is 0.459. The molecular formula is C13H13BrFN3OS. The number of thiophene rings is 1. The molecule has 0 spiro atoms. The highest BCUT2D eigenvalue weighted by atomic mass is 79.9. The van der Waals surface area contributed by atoms with E-state index in [1.54, 1.807) is 25.4 Å². The van der Waals surface area contributed by atoms with Gasteiger partial charge in [0, 0.05) is 20.6 Å². The van der Waals surface area contributed by atoms with Crippen molar-refractivity contribution in [2.45, 2.75) is 6.54 Å². The summed E-state index contributed by atoms with van der Waals surface area (Å²) < 4.78 is 14.3. The molecule has 1 amide bonds. The maximum Gasteiger partial charge on any atom is 0.257 e. The number of amides is 1. The van der Waals surface area contributed by atoms with Crippen LogP contribution in [0.3, 0.4) is 0 Å². The molecule has 2 heterocycles. The Kier molecular flexibility index (Phi) is 4.72. The monoisotopic (exact) mass is 357 g/mol. The summed E-state index contributed by atoms with van der Waals surface area (Å²) in [6.07, 6.45) is 1.08. The molecule has 2 aromatic heterocycles. The van der Waals surface area contributed by atoms with E-state index in [1.807, 2.05) is 11.4 Å². The minimum atomic E-state index is -0.529. The first kappa shape index (κ1) is 14.9. The highest BCUT2D eigenvalue weighted by Gasteiger charge is 2.18. The zero-order chi connectivity index (χ0) is 14.7. The number of carbonyl (C=O) groups is 1. The van der Waals surface area contributed by atoms with Crippen LogP contribution in [0.25, 0.3) is 0 Å². The quantitative estimate of drug-likeness (QED) is 0.912. The van der Waals surface area contributed by atoms with E-state index in [0.717, 1.165) is 15.5 Å². The fourth-order valence-corrected chi connectivity index (χ4v) is 2.98. The summed E-state index contributed by atoms with van der Waals surface area (Å²) in [4.78, 5) is 17.8. The van der Waals surface area contributed by atoms with Crippen molar-refractivity contribution in [2.75, 3.05) is 19.4 Å². The number of pyridine rings is 1. The van der Waals surface area contributed by atoms with Crippen LogP contribution in [0.2, 0.25) is 0 Å². The van der Waals surface area contributed by atoms with Gasteiger partial charge in [0.2, 0.25) is 0 Å². The van der Waals surface area contributed by atoms with E-state index < -0.39 is 5.82 Å². The molecule has 0 unspecified atom stereocenters. The van der Waals surface area contributed by atoms with Gasteiger partial charge in [0.25, 0.3) is 5.91 Å². The first-order chi connectivity index (χ1) is 9.51. The third-order valence-corrected chi connectivity index (χ3v) is 4.26. The van der Waals surface area contributed by atoms with Gasteiger partial charge in [-0.3, -0.25) is 4.79 Å². The number of hydrogen-bond donors (Lipinski definition) is 1. The van der Waals surface area contributed by atoms with Crippen molar-refractivity contribution in [3.05, 3.63) is 44.4 Å². The number of hydrogen-bond acceptors (Lipinski definition) is 4. The Labute approximate surface area is 128 Å². The number of anilines is 1. The van der Waals surface area contributed by atoms with E-state index in [-0.39, 0.29) is 11.5 Å². The predicted octanol–water partition coefficient (Wildman–Crippen LogP) is 3.36. The van der Waals surface area contributed by atoms with Crippen molar-refractivity contribution in [3.63, 3.8) is 0 Å². The van der Waals surface area contributed by atoms with Crippen LogP contribution in [-0.2, 0) is 6.54 Å². The summed E-state index contributed by atoms with van der Waals surface area (Å²) in [5, 5.41) is 4.76. The summed E-state index contributed by atoms with van der Waals surface area (Å²) in [5.41, 5.74) is 1.25. The van der Waals surface area contributed by atoms with Crippen LogP contribution < -0.4 is 5.32 Å². The molecule has 0 radical (unpaired) electrons. The number of halogens is 2. The largest absolute Gasteiger partial charge is 0.372 e. The van der Waals surface area contributed by atoms with Gasteiger partial charge in [-0.1, -0.05) is 0 Å². The third-order valence-electron chi connectivity index (χ3n) is 2.71. The van der Waals surface area contributed by atoms with E-state index in [2.05, 4.69) is 26.2 Å². The van der Waals surface area contributed by atoms with E-state index in [4.69, 9.17) is 0 Å². The fourth-order valence-electron chi connectivity index (χ4n) is 1.78. The van der Waals surface area contributed by atoms with Crippen LogP contribution in [0.4, 0.5) is 10.2 Å². The summed E-state index contributed by atoms with van der Waals surface area (Å²) in [6, 6.07) is 3.15. The lowest BCUT2D eigenvalue weighted by atomic mass is 10.2. The van der Waals surface area contributed by atoms with Crippen LogP contribution in [0.5, 0.6) is 0 Å². The summed E-state index contributed by atoms with van der Waals surface area (Å²) in [5.74, 6) is -0.433. The Hall–Kier alpha value is -1.47. The molecule has 106 valence electrons. The molecule has 20 heavy (non-hydrogen) atoms. The van der Waals surface area contributed by atoms with Gasteiger partial charge in [0.15, 0.2) is 0 Å². The standard InChI is InChI=1S/C13H13BrFN3OS/c1-16-12-10(4-9(15)5-17-12)13(19)18(2)6-8-3-11(14)20-7-8/h3-5,7H,6H2,1-2H3,(H,16,17). The maximum absolute atomic E-state index is 13.3. The van der Waals surface area contributed by atoms with E-state index >= 15 is 0 Å². The third kappa shape index (κ3) is 3.34. The number of rotatable bonds is 4. The van der Waals surface area contributed by atoms with Crippen molar-refractivity contribution < 1.29 is 9.18 Å². The van der Waals surface area contributed by atoms with Gasteiger partial charge in [0.1, 0.15) is 11.6 Å². The number of aromatic nitrogens is 1. The molecule has 7 heteroatoms. The molecule has 0 aromatic carbocycles.